The zero-order chi connectivity index (χ0) is 15.4. The largest absolute Gasteiger partial charge is 0.370 e. The van der Waals surface area contributed by atoms with E-state index in [0.29, 0.717) is 16.4 Å². The summed E-state index contributed by atoms with van der Waals surface area (Å²) in [6.45, 7) is 7.00. The molecule has 1 N–H and O–H groups in total. The highest BCUT2D eigenvalue weighted by atomic mass is 35.5. The number of anilines is 1. The van der Waals surface area contributed by atoms with E-state index in [4.69, 9.17) is 11.6 Å². The van der Waals surface area contributed by atoms with Crippen molar-refractivity contribution in [3.8, 4) is 11.4 Å². The maximum atomic E-state index is 13.2. The molecule has 0 unspecified atom stereocenters. The lowest BCUT2D eigenvalue weighted by molar-refractivity contribution is 0.628. The molecule has 1 aromatic carbocycles. The Balaban J connectivity index is 2.52. The predicted octanol–water partition coefficient (Wildman–Crippen LogP) is 4.63. The predicted molar refractivity (Wildman–Crippen MR) is 85.3 cm³/mol. The monoisotopic (exact) mass is 307 g/mol. The van der Waals surface area contributed by atoms with Gasteiger partial charge in [0.05, 0.1) is 5.02 Å². The van der Waals surface area contributed by atoms with Crippen molar-refractivity contribution in [2.24, 2.45) is 0 Å². The van der Waals surface area contributed by atoms with Crippen molar-refractivity contribution >= 4 is 17.4 Å². The fourth-order valence-corrected chi connectivity index (χ4v) is 2.37. The number of aromatic nitrogens is 2. The van der Waals surface area contributed by atoms with Gasteiger partial charge in [0.15, 0.2) is 5.82 Å². The third-order valence-corrected chi connectivity index (χ3v) is 3.61. The molecule has 2 rings (SSSR count). The molecule has 1 aromatic heterocycles. The minimum Gasteiger partial charge on any atom is -0.370 e. The van der Waals surface area contributed by atoms with Gasteiger partial charge in [0.2, 0.25) is 0 Å². The molecule has 0 aliphatic rings. The molecule has 0 aliphatic heterocycles. The minimum atomic E-state index is -0.365. The average molecular weight is 308 g/mol. The Labute approximate surface area is 129 Å². The summed E-state index contributed by atoms with van der Waals surface area (Å²) in [5.74, 6) is 0.982. The highest BCUT2D eigenvalue weighted by molar-refractivity contribution is 6.33. The van der Waals surface area contributed by atoms with Crippen LogP contribution in [0, 0.1) is 12.7 Å². The number of nitrogens with one attached hydrogen (secondary N) is 1. The first-order valence-corrected chi connectivity index (χ1v) is 7.51. The molecule has 0 aliphatic carbocycles. The third kappa shape index (κ3) is 3.50. The molecule has 1 heterocycles. The van der Waals surface area contributed by atoms with Gasteiger partial charge in [-0.1, -0.05) is 25.4 Å². The number of benzene rings is 1. The maximum absolute atomic E-state index is 13.2. The van der Waals surface area contributed by atoms with E-state index in [1.54, 1.807) is 6.07 Å². The van der Waals surface area contributed by atoms with Gasteiger partial charge in [-0.25, -0.2) is 14.4 Å². The number of hydrogen-bond donors (Lipinski definition) is 1. The first-order chi connectivity index (χ1) is 10.1. The van der Waals surface area contributed by atoms with Gasteiger partial charge in [0, 0.05) is 23.4 Å². The summed E-state index contributed by atoms with van der Waals surface area (Å²) in [7, 11) is 0. The quantitative estimate of drug-likeness (QED) is 0.875. The zero-order valence-electron chi connectivity index (χ0n) is 12.5. The van der Waals surface area contributed by atoms with Crippen molar-refractivity contribution in [3.63, 3.8) is 0 Å². The number of hydrogen-bond acceptors (Lipinski definition) is 3. The Kier molecular flexibility index (Phi) is 5.12. The molecule has 112 valence electrons. The third-order valence-electron chi connectivity index (χ3n) is 3.30. The topological polar surface area (TPSA) is 37.8 Å². The van der Waals surface area contributed by atoms with Crippen molar-refractivity contribution in [1.29, 1.82) is 0 Å². The van der Waals surface area contributed by atoms with Crippen LogP contribution in [0.15, 0.2) is 18.2 Å². The average Bonchev–Trinajstić information content (AvgIpc) is 2.46. The molecule has 21 heavy (non-hydrogen) atoms. The Hall–Kier alpha value is -1.68. The number of aryl methyl sites for hydroxylation is 1. The highest BCUT2D eigenvalue weighted by Crippen LogP contribution is 2.28. The summed E-state index contributed by atoms with van der Waals surface area (Å²) in [5, 5.41) is 3.63. The van der Waals surface area contributed by atoms with Crippen LogP contribution in [0.25, 0.3) is 11.4 Å². The first-order valence-electron chi connectivity index (χ1n) is 7.13. The van der Waals surface area contributed by atoms with Crippen LogP contribution < -0.4 is 5.32 Å². The van der Waals surface area contributed by atoms with Gasteiger partial charge in [-0.15, -0.1) is 0 Å². The molecule has 0 fully saturated rings. The van der Waals surface area contributed by atoms with Crippen LogP contribution >= 0.6 is 11.6 Å². The summed E-state index contributed by atoms with van der Waals surface area (Å²) in [5.41, 5.74) is 2.67. The number of nitrogens with zero attached hydrogens (tertiary/aromatic N) is 2. The Morgan fingerprint density at radius 1 is 1.24 bits per heavy atom. The van der Waals surface area contributed by atoms with Crippen LogP contribution in [-0.4, -0.2) is 16.5 Å². The standard InChI is InChI=1S/C16H19ClFN3/c1-4-8-19-15-10(3)14(5-2)20-16(21-15)12-7-6-11(18)9-13(12)17/h6-7,9H,4-5,8H2,1-3H3,(H,19,20,21). The molecule has 0 amide bonds. The maximum Gasteiger partial charge on any atom is 0.163 e. The molecule has 3 nitrogen and oxygen atoms in total. The van der Waals surface area contributed by atoms with Crippen LogP contribution in [0.3, 0.4) is 0 Å². The summed E-state index contributed by atoms with van der Waals surface area (Å²) < 4.78 is 13.2. The van der Waals surface area contributed by atoms with Crippen LogP contribution in [-0.2, 0) is 6.42 Å². The van der Waals surface area contributed by atoms with Crippen molar-refractivity contribution < 1.29 is 4.39 Å². The number of halogens is 2. The SMILES string of the molecule is CCCNc1nc(-c2ccc(F)cc2Cl)nc(CC)c1C. The van der Waals surface area contributed by atoms with Gasteiger partial charge in [-0.05, 0) is 38.0 Å². The van der Waals surface area contributed by atoms with Crippen LogP contribution in [0.4, 0.5) is 10.2 Å². The van der Waals surface area contributed by atoms with E-state index in [2.05, 4.69) is 29.1 Å². The van der Waals surface area contributed by atoms with E-state index < -0.39 is 0 Å². The Morgan fingerprint density at radius 3 is 2.62 bits per heavy atom. The van der Waals surface area contributed by atoms with Gasteiger partial charge < -0.3 is 5.32 Å². The first kappa shape index (κ1) is 15.7. The molecule has 0 saturated carbocycles. The van der Waals surface area contributed by atoms with Gasteiger partial charge in [0.1, 0.15) is 11.6 Å². The van der Waals surface area contributed by atoms with Crippen molar-refractivity contribution in [1.82, 2.24) is 9.97 Å². The van der Waals surface area contributed by atoms with Gasteiger partial charge >= 0.3 is 0 Å². The summed E-state index contributed by atoms with van der Waals surface area (Å²) in [6.07, 6.45) is 1.82. The highest BCUT2D eigenvalue weighted by Gasteiger charge is 2.13. The van der Waals surface area contributed by atoms with Gasteiger partial charge in [0.25, 0.3) is 0 Å². The molecule has 0 atom stereocenters. The molecule has 0 saturated heterocycles. The van der Waals surface area contributed by atoms with Crippen LogP contribution in [0.5, 0.6) is 0 Å². The number of rotatable bonds is 5. The van der Waals surface area contributed by atoms with E-state index in [1.807, 2.05) is 6.92 Å². The van der Waals surface area contributed by atoms with Crippen molar-refractivity contribution in [2.45, 2.75) is 33.6 Å². The lowest BCUT2D eigenvalue weighted by atomic mass is 10.1. The molecular formula is C16H19ClFN3. The van der Waals surface area contributed by atoms with Crippen LogP contribution in [0.2, 0.25) is 5.02 Å². The van der Waals surface area contributed by atoms with E-state index in [9.17, 15) is 4.39 Å². The second-order valence-corrected chi connectivity index (χ2v) is 5.28. The molecular weight excluding hydrogens is 289 g/mol. The summed E-state index contributed by atoms with van der Waals surface area (Å²) in [4.78, 5) is 9.11. The smallest absolute Gasteiger partial charge is 0.163 e. The second-order valence-electron chi connectivity index (χ2n) is 4.87. The normalized spacial score (nSPS) is 10.7. The minimum absolute atomic E-state index is 0.322. The van der Waals surface area contributed by atoms with Gasteiger partial charge in [-0.2, -0.15) is 0 Å². The van der Waals surface area contributed by atoms with Gasteiger partial charge in [-0.3, -0.25) is 0 Å². The second kappa shape index (κ2) is 6.85. The Bertz CT molecular complexity index is 644. The van der Waals surface area contributed by atoms with E-state index in [-0.39, 0.29) is 5.82 Å². The lowest BCUT2D eigenvalue weighted by Crippen LogP contribution is -2.08. The summed E-state index contributed by atoms with van der Waals surface area (Å²) >= 11 is 6.12. The van der Waals surface area contributed by atoms with E-state index in [0.717, 1.165) is 36.5 Å². The van der Waals surface area contributed by atoms with Crippen molar-refractivity contribution in [3.05, 3.63) is 40.3 Å². The fraction of sp³-hybridized carbons (Fsp3) is 0.375. The lowest BCUT2D eigenvalue weighted by Gasteiger charge is -2.13. The van der Waals surface area contributed by atoms with Crippen molar-refractivity contribution in [2.75, 3.05) is 11.9 Å². The summed E-state index contributed by atoms with van der Waals surface area (Å²) in [6, 6.07) is 4.27. The Morgan fingerprint density at radius 2 is 2.00 bits per heavy atom. The van der Waals surface area contributed by atoms with Crippen LogP contribution in [0.1, 0.15) is 31.5 Å². The zero-order valence-corrected chi connectivity index (χ0v) is 13.3. The van der Waals surface area contributed by atoms with E-state index >= 15 is 0 Å². The molecule has 2 aromatic rings. The fourth-order valence-electron chi connectivity index (χ4n) is 2.11. The van der Waals surface area contributed by atoms with E-state index in [1.165, 1.54) is 12.1 Å². The molecule has 0 spiro atoms. The molecule has 5 heteroatoms. The molecule has 0 bridgehead atoms. The molecule has 0 radical (unpaired) electrons.